The normalized spacial score (nSPS) is 11.1. The minimum absolute atomic E-state index is 0.131. The molecule has 1 aromatic rings. The van der Waals surface area contributed by atoms with Crippen molar-refractivity contribution in [3.8, 4) is 0 Å². The molecule has 1 aromatic carbocycles. The quantitative estimate of drug-likeness (QED) is 0.705. The smallest absolute Gasteiger partial charge is 0.266 e. The second-order valence-electron chi connectivity index (χ2n) is 3.56. The van der Waals surface area contributed by atoms with Crippen molar-refractivity contribution < 1.29 is 18.0 Å². The van der Waals surface area contributed by atoms with Gasteiger partial charge in [-0.1, -0.05) is 19.9 Å². The summed E-state index contributed by atoms with van der Waals surface area (Å²) in [6, 6.07) is 3.05. The van der Waals surface area contributed by atoms with Crippen LogP contribution in [0, 0.1) is 11.7 Å². The van der Waals surface area contributed by atoms with Crippen molar-refractivity contribution in [2.45, 2.75) is 20.3 Å². The summed E-state index contributed by atoms with van der Waals surface area (Å²) in [5, 5.41) is 0. The zero-order chi connectivity index (χ0) is 11.6. The van der Waals surface area contributed by atoms with Crippen molar-refractivity contribution in [3.05, 3.63) is 35.1 Å². The van der Waals surface area contributed by atoms with Crippen molar-refractivity contribution in [1.29, 1.82) is 0 Å². The van der Waals surface area contributed by atoms with E-state index < -0.39 is 17.8 Å². The molecule has 0 N–H and O–H groups in total. The molecule has 0 heterocycles. The molecule has 4 heteroatoms. The monoisotopic (exact) mass is 216 g/mol. The number of halogens is 3. The first-order chi connectivity index (χ1) is 6.93. The van der Waals surface area contributed by atoms with Gasteiger partial charge in [0.25, 0.3) is 6.43 Å². The van der Waals surface area contributed by atoms with Crippen LogP contribution in [-0.4, -0.2) is 5.78 Å². The first-order valence-corrected chi connectivity index (χ1v) is 4.55. The Kier molecular flexibility index (Phi) is 3.50. The summed E-state index contributed by atoms with van der Waals surface area (Å²) < 4.78 is 37.5. The highest BCUT2D eigenvalue weighted by molar-refractivity contribution is 5.97. The van der Waals surface area contributed by atoms with Crippen molar-refractivity contribution in [3.63, 3.8) is 0 Å². The third-order valence-electron chi connectivity index (χ3n) is 2.04. The number of alkyl halides is 2. The SMILES string of the molecule is CC(C)C(=O)c1ccc(C(F)F)c(F)c1. The number of Topliss-reactive ketones (excluding diaryl/α,β-unsaturated/α-hetero) is 1. The summed E-state index contributed by atoms with van der Waals surface area (Å²) in [5.41, 5.74) is -0.540. The number of carbonyl (C=O) groups is 1. The average molecular weight is 216 g/mol. The first kappa shape index (κ1) is 11.8. The number of carbonyl (C=O) groups excluding carboxylic acids is 1. The summed E-state index contributed by atoms with van der Waals surface area (Å²) >= 11 is 0. The Bertz CT molecular complexity index is 372. The molecule has 0 aromatic heterocycles. The van der Waals surface area contributed by atoms with E-state index in [0.717, 1.165) is 12.1 Å². The maximum atomic E-state index is 13.1. The van der Waals surface area contributed by atoms with Gasteiger partial charge in [-0.3, -0.25) is 4.79 Å². The number of rotatable bonds is 3. The van der Waals surface area contributed by atoms with Gasteiger partial charge in [-0.25, -0.2) is 13.2 Å². The molecule has 0 aliphatic rings. The third-order valence-corrected chi connectivity index (χ3v) is 2.04. The van der Waals surface area contributed by atoms with Crippen LogP contribution >= 0.6 is 0 Å². The fourth-order valence-electron chi connectivity index (χ4n) is 1.19. The molecule has 0 radical (unpaired) electrons. The minimum Gasteiger partial charge on any atom is -0.294 e. The molecular weight excluding hydrogens is 205 g/mol. The molecule has 0 aliphatic carbocycles. The van der Waals surface area contributed by atoms with Gasteiger partial charge in [-0.2, -0.15) is 0 Å². The highest BCUT2D eigenvalue weighted by Gasteiger charge is 2.16. The summed E-state index contributed by atoms with van der Waals surface area (Å²) in [6.45, 7) is 3.34. The lowest BCUT2D eigenvalue weighted by Gasteiger charge is -2.06. The molecular formula is C11H11F3O. The van der Waals surface area contributed by atoms with E-state index in [2.05, 4.69) is 0 Å². The molecule has 0 bridgehead atoms. The van der Waals surface area contributed by atoms with Crippen LogP contribution in [-0.2, 0) is 0 Å². The van der Waals surface area contributed by atoms with Gasteiger partial charge < -0.3 is 0 Å². The van der Waals surface area contributed by atoms with E-state index in [1.165, 1.54) is 6.07 Å². The van der Waals surface area contributed by atoms with E-state index >= 15 is 0 Å². The molecule has 0 spiro atoms. The molecule has 82 valence electrons. The number of ketones is 1. The molecule has 1 nitrogen and oxygen atoms in total. The van der Waals surface area contributed by atoms with E-state index in [-0.39, 0.29) is 17.3 Å². The van der Waals surface area contributed by atoms with E-state index in [1.54, 1.807) is 13.8 Å². The molecule has 0 aliphatic heterocycles. The van der Waals surface area contributed by atoms with Crippen LogP contribution in [0.4, 0.5) is 13.2 Å². The fourth-order valence-corrected chi connectivity index (χ4v) is 1.19. The maximum absolute atomic E-state index is 13.1. The van der Waals surface area contributed by atoms with Gasteiger partial charge in [0.05, 0.1) is 5.56 Å². The fraction of sp³-hybridized carbons (Fsp3) is 0.364. The van der Waals surface area contributed by atoms with E-state index in [9.17, 15) is 18.0 Å². The Morgan fingerprint density at radius 3 is 2.27 bits per heavy atom. The molecule has 0 atom stereocenters. The minimum atomic E-state index is -2.85. The van der Waals surface area contributed by atoms with Crippen molar-refractivity contribution in [2.24, 2.45) is 5.92 Å². The van der Waals surface area contributed by atoms with Gasteiger partial charge in [-0.15, -0.1) is 0 Å². The van der Waals surface area contributed by atoms with Crippen molar-refractivity contribution in [1.82, 2.24) is 0 Å². The van der Waals surface area contributed by atoms with Gasteiger partial charge in [-0.05, 0) is 12.1 Å². The zero-order valence-corrected chi connectivity index (χ0v) is 8.43. The molecule has 0 amide bonds. The van der Waals surface area contributed by atoms with Crippen LogP contribution in [0.2, 0.25) is 0 Å². The van der Waals surface area contributed by atoms with Gasteiger partial charge in [0, 0.05) is 11.5 Å². The molecule has 0 saturated carbocycles. The highest BCUT2D eigenvalue weighted by Crippen LogP contribution is 2.23. The summed E-state index contributed by atoms with van der Waals surface area (Å²) in [4.78, 5) is 11.4. The predicted molar refractivity (Wildman–Crippen MR) is 50.5 cm³/mol. The zero-order valence-electron chi connectivity index (χ0n) is 8.43. The summed E-state index contributed by atoms with van der Waals surface area (Å²) in [7, 11) is 0. The Morgan fingerprint density at radius 1 is 1.27 bits per heavy atom. The topological polar surface area (TPSA) is 17.1 Å². The highest BCUT2D eigenvalue weighted by atomic mass is 19.3. The Hall–Kier alpha value is -1.32. The number of hydrogen-bond donors (Lipinski definition) is 0. The molecule has 0 saturated heterocycles. The predicted octanol–water partition coefficient (Wildman–Crippen LogP) is 3.60. The molecule has 15 heavy (non-hydrogen) atoms. The second kappa shape index (κ2) is 4.47. The summed E-state index contributed by atoms with van der Waals surface area (Å²) in [6.07, 6.45) is -2.85. The Morgan fingerprint density at radius 2 is 1.87 bits per heavy atom. The van der Waals surface area contributed by atoms with Gasteiger partial charge in [0.15, 0.2) is 5.78 Å². The lowest BCUT2D eigenvalue weighted by Crippen LogP contribution is -2.08. The third kappa shape index (κ3) is 2.58. The summed E-state index contributed by atoms with van der Waals surface area (Å²) in [5.74, 6) is -1.56. The average Bonchev–Trinajstić information content (AvgIpc) is 2.15. The van der Waals surface area contributed by atoms with Gasteiger partial charge in [0.1, 0.15) is 5.82 Å². The number of hydrogen-bond acceptors (Lipinski definition) is 1. The molecule has 1 rings (SSSR count). The lowest BCUT2D eigenvalue weighted by atomic mass is 10.00. The Balaban J connectivity index is 3.07. The lowest BCUT2D eigenvalue weighted by molar-refractivity contribution is 0.0938. The van der Waals surface area contributed by atoms with Crippen molar-refractivity contribution >= 4 is 5.78 Å². The number of benzene rings is 1. The van der Waals surface area contributed by atoms with E-state index in [1.807, 2.05) is 0 Å². The maximum Gasteiger partial charge on any atom is 0.266 e. The first-order valence-electron chi connectivity index (χ1n) is 4.55. The van der Waals surface area contributed by atoms with E-state index in [4.69, 9.17) is 0 Å². The van der Waals surface area contributed by atoms with Crippen LogP contribution in [0.25, 0.3) is 0 Å². The standard InChI is InChI=1S/C11H11F3O/c1-6(2)10(15)7-3-4-8(11(13)14)9(12)5-7/h3-6,11H,1-2H3. The molecule has 0 fully saturated rings. The van der Waals surface area contributed by atoms with Gasteiger partial charge in [0.2, 0.25) is 0 Å². The Labute approximate surface area is 85.9 Å². The van der Waals surface area contributed by atoms with Gasteiger partial charge >= 0.3 is 0 Å². The van der Waals surface area contributed by atoms with Crippen molar-refractivity contribution in [2.75, 3.05) is 0 Å². The van der Waals surface area contributed by atoms with Crippen LogP contribution < -0.4 is 0 Å². The van der Waals surface area contributed by atoms with Crippen LogP contribution in [0.1, 0.15) is 36.2 Å². The largest absolute Gasteiger partial charge is 0.294 e. The van der Waals surface area contributed by atoms with Crippen LogP contribution in [0.3, 0.4) is 0 Å². The van der Waals surface area contributed by atoms with Crippen LogP contribution in [0.15, 0.2) is 18.2 Å². The van der Waals surface area contributed by atoms with E-state index in [0.29, 0.717) is 0 Å². The second-order valence-corrected chi connectivity index (χ2v) is 3.56. The van der Waals surface area contributed by atoms with Crippen LogP contribution in [0.5, 0.6) is 0 Å². The molecule has 0 unspecified atom stereocenters.